The van der Waals surface area contributed by atoms with Crippen molar-refractivity contribution in [3.8, 4) is 0 Å². The maximum Gasteiger partial charge on any atom is -0.0182 e. The molecule has 10 heavy (non-hydrogen) atoms. The first-order chi connectivity index (χ1) is 4.81. The standard InChI is InChI=1S/C10H17/c1-10(7-4-8-10)9-5-2-3-6-9/h2-8H2,1H3. The second-order valence-corrected chi connectivity index (χ2v) is 4.22. The van der Waals surface area contributed by atoms with Crippen LogP contribution < -0.4 is 0 Å². The van der Waals surface area contributed by atoms with Crippen molar-refractivity contribution in [1.82, 2.24) is 0 Å². The highest BCUT2D eigenvalue weighted by molar-refractivity contribution is 5.11. The van der Waals surface area contributed by atoms with E-state index in [0.29, 0.717) is 0 Å². The van der Waals surface area contributed by atoms with Crippen molar-refractivity contribution >= 4 is 0 Å². The minimum atomic E-state index is 0.719. The molecule has 2 rings (SSSR count). The maximum absolute atomic E-state index is 2.47. The van der Waals surface area contributed by atoms with Gasteiger partial charge in [-0.15, -0.1) is 0 Å². The van der Waals surface area contributed by atoms with E-state index < -0.39 is 0 Å². The minimum Gasteiger partial charge on any atom is -0.0591 e. The Kier molecular flexibility index (Phi) is 1.51. The number of hydrogen-bond donors (Lipinski definition) is 0. The maximum atomic E-state index is 2.47. The Morgan fingerprint density at radius 1 is 1.00 bits per heavy atom. The van der Waals surface area contributed by atoms with Gasteiger partial charge in [-0.25, -0.2) is 0 Å². The molecule has 0 heteroatoms. The highest BCUT2D eigenvalue weighted by atomic mass is 14.4. The molecule has 0 aliphatic heterocycles. The van der Waals surface area contributed by atoms with Crippen LogP contribution in [0, 0.1) is 11.3 Å². The van der Waals surface area contributed by atoms with E-state index in [-0.39, 0.29) is 0 Å². The normalized spacial score (nSPS) is 32.1. The molecule has 0 aromatic rings. The van der Waals surface area contributed by atoms with Crippen LogP contribution in [-0.2, 0) is 0 Å². The average molecular weight is 137 g/mol. The lowest BCUT2D eigenvalue weighted by molar-refractivity contribution is 0.172. The summed E-state index contributed by atoms with van der Waals surface area (Å²) in [6.07, 6.45) is 10.3. The molecule has 0 aromatic heterocycles. The van der Waals surface area contributed by atoms with Gasteiger partial charge in [0.25, 0.3) is 0 Å². The molecular formula is C10H17. The number of hydrogen-bond acceptors (Lipinski definition) is 0. The molecule has 1 radical (unpaired) electrons. The molecule has 2 aliphatic rings. The minimum absolute atomic E-state index is 0.719. The Morgan fingerprint density at radius 2 is 1.60 bits per heavy atom. The van der Waals surface area contributed by atoms with Gasteiger partial charge in [0.15, 0.2) is 0 Å². The zero-order valence-corrected chi connectivity index (χ0v) is 6.95. The van der Waals surface area contributed by atoms with Crippen LogP contribution in [0.1, 0.15) is 51.9 Å². The van der Waals surface area contributed by atoms with Gasteiger partial charge in [-0.2, -0.15) is 0 Å². The van der Waals surface area contributed by atoms with Gasteiger partial charge in [-0.3, -0.25) is 0 Å². The molecule has 0 bridgehead atoms. The Morgan fingerprint density at radius 3 is 2.00 bits per heavy atom. The molecule has 2 aliphatic carbocycles. The third kappa shape index (κ3) is 0.889. The van der Waals surface area contributed by atoms with Crippen LogP contribution in [-0.4, -0.2) is 0 Å². The van der Waals surface area contributed by atoms with Gasteiger partial charge >= 0.3 is 0 Å². The fourth-order valence-corrected chi connectivity index (χ4v) is 2.47. The largest absolute Gasteiger partial charge is 0.0591 e. The lowest BCUT2D eigenvalue weighted by Crippen LogP contribution is -2.31. The molecule has 0 aromatic carbocycles. The van der Waals surface area contributed by atoms with Gasteiger partial charge < -0.3 is 0 Å². The van der Waals surface area contributed by atoms with Gasteiger partial charge in [-0.05, 0) is 37.0 Å². The molecule has 0 unspecified atom stereocenters. The molecule has 0 atom stereocenters. The third-order valence-corrected chi connectivity index (χ3v) is 3.52. The van der Waals surface area contributed by atoms with Gasteiger partial charge in [0.05, 0.1) is 0 Å². The van der Waals surface area contributed by atoms with Crippen LogP contribution in [0.3, 0.4) is 0 Å². The molecule has 0 amide bonds. The lowest BCUT2D eigenvalue weighted by Gasteiger charge is -2.43. The van der Waals surface area contributed by atoms with Gasteiger partial charge in [-0.1, -0.05) is 26.2 Å². The first-order valence-electron chi connectivity index (χ1n) is 4.66. The SMILES string of the molecule is CC1([C]2CCCC2)CCC1. The summed E-state index contributed by atoms with van der Waals surface area (Å²) in [5.74, 6) is 1.90. The summed E-state index contributed by atoms with van der Waals surface area (Å²) in [5, 5.41) is 0. The van der Waals surface area contributed by atoms with Gasteiger partial charge in [0, 0.05) is 0 Å². The van der Waals surface area contributed by atoms with Crippen LogP contribution >= 0.6 is 0 Å². The topological polar surface area (TPSA) is 0 Å². The van der Waals surface area contributed by atoms with Crippen LogP contribution in [0.2, 0.25) is 0 Å². The average Bonchev–Trinajstić information content (AvgIpc) is 2.33. The number of rotatable bonds is 1. The Balaban J connectivity index is 1.96. The summed E-state index contributed by atoms with van der Waals surface area (Å²) >= 11 is 0. The first-order valence-corrected chi connectivity index (χ1v) is 4.66. The van der Waals surface area contributed by atoms with Crippen molar-refractivity contribution in [1.29, 1.82) is 0 Å². The Bertz CT molecular complexity index is 116. The van der Waals surface area contributed by atoms with Crippen molar-refractivity contribution in [2.24, 2.45) is 5.41 Å². The molecule has 0 nitrogen and oxygen atoms in total. The van der Waals surface area contributed by atoms with E-state index in [1.165, 1.54) is 44.9 Å². The summed E-state index contributed by atoms with van der Waals surface area (Å²) in [5.41, 5.74) is 0.719. The second-order valence-electron chi connectivity index (χ2n) is 4.22. The van der Waals surface area contributed by atoms with E-state index >= 15 is 0 Å². The molecule has 0 heterocycles. The Labute approximate surface area is 64.0 Å². The molecule has 2 saturated carbocycles. The van der Waals surface area contributed by atoms with E-state index in [9.17, 15) is 0 Å². The highest BCUT2D eigenvalue weighted by Crippen LogP contribution is 2.53. The quantitative estimate of drug-likeness (QED) is 0.520. The summed E-state index contributed by atoms with van der Waals surface area (Å²) in [7, 11) is 0. The van der Waals surface area contributed by atoms with Crippen LogP contribution in [0.4, 0.5) is 0 Å². The van der Waals surface area contributed by atoms with Crippen molar-refractivity contribution in [2.75, 3.05) is 0 Å². The zero-order chi connectivity index (χ0) is 7.03. The Hall–Kier alpha value is 0. The summed E-state index contributed by atoms with van der Waals surface area (Å²) in [6.45, 7) is 2.47. The second kappa shape index (κ2) is 2.25. The predicted molar refractivity (Wildman–Crippen MR) is 43.7 cm³/mol. The van der Waals surface area contributed by atoms with Gasteiger partial charge in [0.2, 0.25) is 0 Å². The smallest absolute Gasteiger partial charge is 0.0182 e. The molecule has 57 valence electrons. The summed E-state index contributed by atoms with van der Waals surface area (Å²) in [4.78, 5) is 0. The third-order valence-electron chi connectivity index (χ3n) is 3.52. The van der Waals surface area contributed by atoms with Gasteiger partial charge in [0.1, 0.15) is 0 Å². The molecular weight excluding hydrogens is 120 g/mol. The fourth-order valence-electron chi connectivity index (χ4n) is 2.47. The summed E-state index contributed by atoms with van der Waals surface area (Å²) in [6, 6.07) is 0. The molecule has 0 N–H and O–H groups in total. The first kappa shape index (κ1) is 6.69. The summed E-state index contributed by atoms with van der Waals surface area (Å²) < 4.78 is 0. The van der Waals surface area contributed by atoms with E-state index in [1.807, 2.05) is 5.92 Å². The van der Waals surface area contributed by atoms with Crippen LogP contribution in [0.15, 0.2) is 0 Å². The van der Waals surface area contributed by atoms with E-state index in [0.717, 1.165) is 5.41 Å². The van der Waals surface area contributed by atoms with Crippen molar-refractivity contribution in [2.45, 2.75) is 51.9 Å². The van der Waals surface area contributed by atoms with E-state index in [1.54, 1.807) is 0 Å². The van der Waals surface area contributed by atoms with Crippen LogP contribution in [0.25, 0.3) is 0 Å². The van der Waals surface area contributed by atoms with E-state index in [2.05, 4.69) is 6.92 Å². The van der Waals surface area contributed by atoms with Crippen molar-refractivity contribution in [3.63, 3.8) is 0 Å². The zero-order valence-electron chi connectivity index (χ0n) is 6.95. The molecule has 2 fully saturated rings. The predicted octanol–water partition coefficient (Wildman–Crippen LogP) is 3.33. The lowest BCUT2D eigenvalue weighted by atomic mass is 9.62. The molecule has 0 saturated heterocycles. The van der Waals surface area contributed by atoms with Crippen LogP contribution in [0.5, 0.6) is 0 Å². The van der Waals surface area contributed by atoms with Crippen molar-refractivity contribution in [3.05, 3.63) is 5.92 Å². The monoisotopic (exact) mass is 137 g/mol. The molecule has 0 spiro atoms. The highest BCUT2D eigenvalue weighted by Gasteiger charge is 2.40. The van der Waals surface area contributed by atoms with Crippen molar-refractivity contribution < 1.29 is 0 Å². The van der Waals surface area contributed by atoms with E-state index in [4.69, 9.17) is 0 Å². The fraction of sp³-hybridized carbons (Fsp3) is 0.900.